The molecule has 1 fully saturated rings. The molecule has 0 amide bonds. The van der Waals surface area contributed by atoms with Gasteiger partial charge in [-0.1, -0.05) is 32.3 Å². The van der Waals surface area contributed by atoms with E-state index in [9.17, 15) is 0 Å². The Bertz CT molecular complexity index is 168. The third-order valence-electron chi connectivity index (χ3n) is 4.09. The molecule has 1 rings (SSSR count). The molecule has 0 radical (unpaired) electrons. The molecule has 0 spiro atoms. The molecule has 0 aromatic heterocycles. The van der Waals surface area contributed by atoms with Crippen LogP contribution in [0.2, 0.25) is 0 Å². The van der Waals surface area contributed by atoms with E-state index in [0.29, 0.717) is 0 Å². The Hall–Kier alpha value is -0.300. The molecule has 1 aliphatic rings. The summed E-state index contributed by atoms with van der Waals surface area (Å²) in [5, 5.41) is 3.49. The van der Waals surface area contributed by atoms with Crippen molar-refractivity contribution in [2.45, 2.75) is 57.9 Å². The lowest BCUT2D eigenvalue weighted by Crippen LogP contribution is -2.35. The zero-order valence-corrected chi connectivity index (χ0v) is 10.5. The zero-order valence-electron chi connectivity index (χ0n) is 10.5. The molecule has 1 atom stereocenters. The summed E-state index contributed by atoms with van der Waals surface area (Å²) in [6.45, 7) is 6.14. The van der Waals surface area contributed by atoms with Crippen LogP contribution in [-0.2, 0) is 0 Å². The number of nitrogens with one attached hydrogen (secondary N) is 1. The van der Waals surface area contributed by atoms with Gasteiger partial charge in [-0.3, -0.25) is 0 Å². The van der Waals surface area contributed by atoms with Crippen LogP contribution in [0.4, 0.5) is 0 Å². The van der Waals surface area contributed by atoms with E-state index in [-0.39, 0.29) is 0 Å². The Balaban J connectivity index is 2.32. The highest BCUT2D eigenvalue weighted by atomic mass is 14.9. The standard InChI is InChI=1S/C14H27N/c1-4-6-7-14(15-3)13-10-8-12(5-2)9-11-13/h4,12-15H,1,5-11H2,2-3H3. The lowest BCUT2D eigenvalue weighted by Gasteiger charge is -2.33. The lowest BCUT2D eigenvalue weighted by molar-refractivity contribution is 0.217. The number of hydrogen-bond donors (Lipinski definition) is 1. The van der Waals surface area contributed by atoms with Gasteiger partial charge in [-0.25, -0.2) is 0 Å². The van der Waals surface area contributed by atoms with E-state index >= 15 is 0 Å². The first-order valence-electron chi connectivity index (χ1n) is 6.60. The molecule has 88 valence electrons. The fourth-order valence-electron chi connectivity index (χ4n) is 2.91. The number of hydrogen-bond acceptors (Lipinski definition) is 1. The zero-order chi connectivity index (χ0) is 11.1. The Labute approximate surface area is 95.3 Å². The quantitative estimate of drug-likeness (QED) is 0.657. The van der Waals surface area contributed by atoms with Crippen molar-refractivity contribution in [2.24, 2.45) is 11.8 Å². The fourth-order valence-corrected chi connectivity index (χ4v) is 2.91. The van der Waals surface area contributed by atoms with Gasteiger partial charge in [-0.2, -0.15) is 0 Å². The predicted octanol–water partition coefficient (Wildman–Crippen LogP) is 3.76. The first-order chi connectivity index (χ1) is 7.31. The molecule has 0 saturated heterocycles. The highest BCUT2D eigenvalue weighted by molar-refractivity contribution is 4.83. The van der Waals surface area contributed by atoms with E-state index in [0.717, 1.165) is 24.3 Å². The maximum Gasteiger partial charge on any atom is 0.00952 e. The molecule has 1 heteroatoms. The summed E-state index contributed by atoms with van der Waals surface area (Å²) in [7, 11) is 2.11. The van der Waals surface area contributed by atoms with Gasteiger partial charge in [-0.05, 0) is 44.6 Å². The normalized spacial score (nSPS) is 28.7. The SMILES string of the molecule is C=CCCC(NC)C1CCC(CC)CC1. The maximum absolute atomic E-state index is 3.81. The summed E-state index contributed by atoms with van der Waals surface area (Å²) in [5.41, 5.74) is 0. The van der Waals surface area contributed by atoms with Gasteiger partial charge in [0.25, 0.3) is 0 Å². The van der Waals surface area contributed by atoms with Gasteiger partial charge in [0, 0.05) is 6.04 Å². The van der Waals surface area contributed by atoms with E-state index in [1.807, 2.05) is 6.08 Å². The van der Waals surface area contributed by atoms with Crippen molar-refractivity contribution in [3.63, 3.8) is 0 Å². The topological polar surface area (TPSA) is 12.0 Å². The van der Waals surface area contributed by atoms with Gasteiger partial charge in [-0.15, -0.1) is 6.58 Å². The van der Waals surface area contributed by atoms with Crippen molar-refractivity contribution in [2.75, 3.05) is 7.05 Å². The third-order valence-corrected chi connectivity index (χ3v) is 4.09. The molecule has 1 N–H and O–H groups in total. The monoisotopic (exact) mass is 209 g/mol. The summed E-state index contributed by atoms with van der Waals surface area (Å²) in [4.78, 5) is 0. The van der Waals surface area contributed by atoms with Crippen molar-refractivity contribution in [3.8, 4) is 0 Å². The maximum atomic E-state index is 3.81. The van der Waals surface area contributed by atoms with Gasteiger partial charge >= 0.3 is 0 Å². The highest BCUT2D eigenvalue weighted by Crippen LogP contribution is 2.33. The van der Waals surface area contributed by atoms with Crippen LogP contribution in [-0.4, -0.2) is 13.1 Å². The number of allylic oxidation sites excluding steroid dienone is 1. The second-order valence-corrected chi connectivity index (χ2v) is 4.95. The molecule has 15 heavy (non-hydrogen) atoms. The summed E-state index contributed by atoms with van der Waals surface area (Å²) in [5.74, 6) is 1.93. The van der Waals surface area contributed by atoms with E-state index < -0.39 is 0 Å². The fraction of sp³-hybridized carbons (Fsp3) is 0.857. The van der Waals surface area contributed by atoms with Crippen LogP contribution in [0.15, 0.2) is 12.7 Å². The van der Waals surface area contributed by atoms with E-state index in [2.05, 4.69) is 25.9 Å². The van der Waals surface area contributed by atoms with Crippen molar-refractivity contribution in [1.82, 2.24) is 5.32 Å². The van der Waals surface area contributed by atoms with Crippen LogP contribution < -0.4 is 5.32 Å². The van der Waals surface area contributed by atoms with E-state index in [1.54, 1.807) is 0 Å². The first-order valence-corrected chi connectivity index (χ1v) is 6.60. The average Bonchev–Trinajstić information content (AvgIpc) is 2.31. The minimum Gasteiger partial charge on any atom is -0.317 e. The molecular formula is C14H27N. The third kappa shape index (κ3) is 3.98. The Morgan fingerprint density at radius 2 is 2.00 bits per heavy atom. The molecule has 0 aromatic carbocycles. The van der Waals surface area contributed by atoms with Crippen LogP contribution >= 0.6 is 0 Å². The molecule has 0 heterocycles. The predicted molar refractivity (Wildman–Crippen MR) is 68.0 cm³/mol. The van der Waals surface area contributed by atoms with Gasteiger partial charge in [0.15, 0.2) is 0 Å². The van der Waals surface area contributed by atoms with Crippen molar-refractivity contribution >= 4 is 0 Å². The summed E-state index contributed by atoms with van der Waals surface area (Å²) in [6, 6.07) is 0.723. The smallest absolute Gasteiger partial charge is 0.00952 e. The minimum absolute atomic E-state index is 0.723. The van der Waals surface area contributed by atoms with Crippen LogP contribution in [0, 0.1) is 11.8 Å². The van der Waals surface area contributed by atoms with Gasteiger partial charge in [0.1, 0.15) is 0 Å². The molecule has 1 saturated carbocycles. The van der Waals surface area contributed by atoms with Crippen LogP contribution in [0.5, 0.6) is 0 Å². The second kappa shape index (κ2) is 7.05. The highest BCUT2D eigenvalue weighted by Gasteiger charge is 2.25. The van der Waals surface area contributed by atoms with E-state index in [4.69, 9.17) is 0 Å². The molecule has 1 nitrogen and oxygen atoms in total. The molecule has 1 unspecified atom stereocenters. The lowest BCUT2D eigenvalue weighted by atomic mass is 9.76. The summed E-state index contributed by atoms with van der Waals surface area (Å²) < 4.78 is 0. The van der Waals surface area contributed by atoms with Crippen LogP contribution in [0.1, 0.15) is 51.9 Å². The van der Waals surface area contributed by atoms with Crippen molar-refractivity contribution in [1.29, 1.82) is 0 Å². The van der Waals surface area contributed by atoms with Crippen LogP contribution in [0.25, 0.3) is 0 Å². The van der Waals surface area contributed by atoms with E-state index in [1.165, 1.54) is 38.5 Å². The molecule has 0 bridgehead atoms. The molecular weight excluding hydrogens is 182 g/mol. The Morgan fingerprint density at radius 3 is 2.47 bits per heavy atom. The van der Waals surface area contributed by atoms with Gasteiger partial charge in [0.2, 0.25) is 0 Å². The molecule has 1 aliphatic carbocycles. The summed E-state index contributed by atoms with van der Waals surface area (Å²) >= 11 is 0. The Kier molecular flexibility index (Phi) is 6.00. The minimum atomic E-state index is 0.723. The van der Waals surface area contributed by atoms with Gasteiger partial charge < -0.3 is 5.32 Å². The average molecular weight is 209 g/mol. The largest absolute Gasteiger partial charge is 0.317 e. The van der Waals surface area contributed by atoms with Crippen molar-refractivity contribution in [3.05, 3.63) is 12.7 Å². The van der Waals surface area contributed by atoms with Crippen LogP contribution in [0.3, 0.4) is 0 Å². The molecule has 0 aromatic rings. The molecule has 0 aliphatic heterocycles. The summed E-state index contributed by atoms with van der Waals surface area (Å²) in [6.07, 6.45) is 11.6. The Morgan fingerprint density at radius 1 is 1.33 bits per heavy atom. The second-order valence-electron chi connectivity index (χ2n) is 4.95. The first kappa shape index (κ1) is 12.8. The van der Waals surface area contributed by atoms with Gasteiger partial charge in [0.05, 0.1) is 0 Å². The number of rotatable bonds is 6. The van der Waals surface area contributed by atoms with Crippen molar-refractivity contribution < 1.29 is 0 Å².